The smallest absolute Gasteiger partial charge is 0.00999 e. The van der Waals surface area contributed by atoms with Gasteiger partial charge in [-0.25, -0.2) is 0 Å². The molecule has 24 heavy (non-hydrogen) atoms. The molecule has 0 fully saturated rings. The second-order valence-electron chi connectivity index (χ2n) is 6.79. The van der Waals surface area contributed by atoms with E-state index in [0.717, 1.165) is 12.8 Å². The third-order valence-electron chi connectivity index (χ3n) is 4.88. The molecule has 0 aromatic heterocycles. The third kappa shape index (κ3) is 2.80. The fraction of sp³-hybridized carbons (Fsp3) is 0.167. The lowest BCUT2D eigenvalue weighted by atomic mass is 9.91. The number of hydrogen-bond acceptors (Lipinski definition) is 0. The summed E-state index contributed by atoms with van der Waals surface area (Å²) >= 11 is 0. The van der Waals surface area contributed by atoms with E-state index in [4.69, 9.17) is 0 Å². The summed E-state index contributed by atoms with van der Waals surface area (Å²) in [5, 5.41) is 0. The van der Waals surface area contributed by atoms with Gasteiger partial charge in [-0.3, -0.25) is 0 Å². The van der Waals surface area contributed by atoms with E-state index >= 15 is 0 Å². The molecule has 1 aliphatic rings. The zero-order valence-corrected chi connectivity index (χ0v) is 14.3. The molecule has 3 aromatic carbocycles. The standard InChI is InChI=1S/C24H22/c1-17-6-5-7-19(14-17)16-24-22-9-4-3-8-20(22)11-12-21-15-18(2)10-13-23(21)24/h3-10,13-16H,11-12H2,1-2H3/b24-16+. The van der Waals surface area contributed by atoms with Crippen molar-refractivity contribution < 1.29 is 0 Å². The highest BCUT2D eigenvalue weighted by Crippen LogP contribution is 2.35. The molecular weight excluding hydrogens is 288 g/mol. The Balaban J connectivity index is 1.97. The first-order valence-corrected chi connectivity index (χ1v) is 8.67. The molecule has 0 heterocycles. The van der Waals surface area contributed by atoms with Gasteiger partial charge in [0.25, 0.3) is 0 Å². The van der Waals surface area contributed by atoms with Crippen molar-refractivity contribution in [2.75, 3.05) is 0 Å². The van der Waals surface area contributed by atoms with E-state index in [2.05, 4.69) is 86.7 Å². The number of benzene rings is 3. The maximum atomic E-state index is 2.35. The van der Waals surface area contributed by atoms with Gasteiger partial charge in [-0.2, -0.15) is 0 Å². The molecular formula is C24H22. The maximum Gasteiger partial charge on any atom is -0.00999 e. The Bertz CT molecular complexity index is 928. The zero-order chi connectivity index (χ0) is 16.5. The molecule has 0 amide bonds. The van der Waals surface area contributed by atoms with Crippen molar-refractivity contribution in [2.24, 2.45) is 0 Å². The Morgan fingerprint density at radius 2 is 1.42 bits per heavy atom. The van der Waals surface area contributed by atoms with Crippen LogP contribution in [0.25, 0.3) is 11.6 Å². The summed E-state index contributed by atoms with van der Waals surface area (Å²) in [5.41, 5.74) is 10.9. The van der Waals surface area contributed by atoms with Crippen LogP contribution in [0.5, 0.6) is 0 Å². The lowest BCUT2D eigenvalue weighted by molar-refractivity contribution is 0.963. The Morgan fingerprint density at radius 3 is 2.29 bits per heavy atom. The summed E-state index contributed by atoms with van der Waals surface area (Å²) in [7, 11) is 0. The minimum atomic E-state index is 1.11. The van der Waals surface area contributed by atoms with Crippen molar-refractivity contribution >= 4 is 11.6 Å². The van der Waals surface area contributed by atoms with Crippen LogP contribution in [-0.4, -0.2) is 0 Å². The summed E-state index contributed by atoms with van der Waals surface area (Å²) < 4.78 is 0. The molecule has 0 spiro atoms. The molecule has 0 saturated heterocycles. The first kappa shape index (κ1) is 15.0. The summed E-state index contributed by atoms with van der Waals surface area (Å²) in [6.45, 7) is 4.34. The van der Waals surface area contributed by atoms with E-state index in [1.807, 2.05) is 0 Å². The van der Waals surface area contributed by atoms with Gasteiger partial charge < -0.3 is 0 Å². The third-order valence-corrected chi connectivity index (χ3v) is 4.88. The largest absolute Gasteiger partial charge is 0.0620 e. The van der Waals surface area contributed by atoms with Crippen molar-refractivity contribution in [1.29, 1.82) is 0 Å². The number of aryl methyl sites for hydroxylation is 4. The Hall–Kier alpha value is -2.60. The molecule has 0 saturated carbocycles. The molecule has 118 valence electrons. The molecule has 0 N–H and O–H groups in total. The topological polar surface area (TPSA) is 0 Å². The van der Waals surface area contributed by atoms with E-state index in [0.29, 0.717) is 0 Å². The van der Waals surface area contributed by atoms with E-state index in [9.17, 15) is 0 Å². The number of fused-ring (bicyclic) bond motifs is 2. The van der Waals surface area contributed by atoms with Gasteiger partial charge in [-0.05, 0) is 66.2 Å². The van der Waals surface area contributed by atoms with Crippen LogP contribution in [-0.2, 0) is 12.8 Å². The van der Waals surface area contributed by atoms with Crippen molar-refractivity contribution in [3.63, 3.8) is 0 Å². The molecule has 0 radical (unpaired) electrons. The highest BCUT2D eigenvalue weighted by Gasteiger charge is 2.17. The Morgan fingerprint density at radius 1 is 0.667 bits per heavy atom. The van der Waals surface area contributed by atoms with Crippen molar-refractivity contribution in [3.05, 3.63) is 106 Å². The van der Waals surface area contributed by atoms with E-state index in [1.54, 1.807) is 0 Å². The van der Waals surface area contributed by atoms with Gasteiger partial charge in [0, 0.05) is 0 Å². The zero-order valence-electron chi connectivity index (χ0n) is 14.3. The van der Waals surface area contributed by atoms with Crippen LogP contribution >= 0.6 is 0 Å². The highest BCUT2D eigenvalue weighted by molar-refractivity contribution is 5.94. The Kier molecular flexibility index (Phi) is 3.82. The second kappa shape index (κ2) is 6.13. The lowest BCUT2D eigenvalue weighted by Crippen LogP contribution is -1.93. The molecule has 4 rings (SSSR count). The molecule has 1 aliphatic carbocycles. The summed E-state index contributed by atoms with van der Waals surface area (Å²) in [6, 6.07) is 24.5. The van der Waals surface area contributed by atoms with Crippen LogP contribution in [0.1, 0.15) is 38.9 Å². The quantitative estimate of drug-likeness (QED) is 0.518. The van der Waals surface area contributed by atoms with Crippen molar-refractivity contribution in [2.45, 2.75) is 26.7 Å². The molecule has 0 nitrogen and oxygen atoms in total. The van der Waals surface area contributed by atoms with Crippen molar-refractivity contribution in [1.82, 2.24) is 0 Å². The summed E-state index contributed by atoms with van der Waals surface area (Å²) in [4.78, 5) is 0. The average molecular weight is 310 g/mol. The molecule has 0 unspecified atom stereocenters. The first-order chi connectivity index (χ1) is 11.7. The second-order valence-corrected chi connectivity index (χ2v) is 6.79. The van der Waals surface area contributed by atoms with Gasteiger partial charge >= 0.3 is 0 Å². The maximum absolute atomic E-state index is 2.35. The molecule has 3 aromatic rings. The minimum Gasteiger partial charge on any atom is -0.0620 e. The lowest BCUT2D eigenvalue weighted by Gasteiger charge is -2.13. The SMILES string of the molecule is Cc1cccc(/C=C2\c3ccccc3CCc3cc(C)ccc32)c1. The van der Waals surface area contributed by atoms with Gasteiger partial charge in [0.15, 0.2) is 0 Å². The van der Waals surface area contributed by atoms with E-state index < -0.39 is 0 Å². The molecule has 0 aliphatic heterocycles. The van der Waals surface area contributed by atoms with Crippen LogP contribution < -0.4 is 0 Å². The summed E-state index contributed by atoms with van der Waals surface area (Å²) in [5.74, 6) is 0. The predicted octanol–water partition coefficient (Wildman–Crippen LogP) is 5.99. The molecule has 0 atom stereocenters. The number of hydrogen-bond donors (Lipinski definition) is 0. The van der Waals surface area contributed by atoms with Gasteiger partial charge in [0.1, 0.15) is 0 Å². The van der Waals surface area contributed by atoms with Gasteiger partial charge in [0.05, 0.1) is 0 Å². The summed E-state index contributed by atoms with van der Waals surface area (Å²) in [6.07, 6.45) is 4.57. The molecule has 0 heteroatoms. The van der Waals surface area contributed by atoms with Crippen LogP contribution in [0.3, 0.4) is 0 Å². The van der Waals surface area contributed by atoms with Crippen LogP contribution in [0.2, 0.25) is 0 Å². The Labute approximate surface area is 144 Å². The van der Waals surface area contributed by atoms with Crippen LogP contribution in [0.4, 0.5) is 0 Å². The normalized spacial score (nSPS) is 14.8. The van der Waals surface area contributed by atoms with Gasteiger partial charge in [-0.15, -0.1) is 0 Å². The minimum absolute atomic E-state index is 1.11. The van der Waals surface area contributed by atoms with Crippen molar-refractivity contribution in [3.8, 4) is 0 Å². The van der Waals surface area contributed by atoms with Crippen LogP contribution in [0, 0.1) is 13.8 Å². The predicted molar refractivity (Wildman–Crippen MR) is 103 cm³/mol. The average Bonchev–Trinajstić information content (AvgIpc) is 2.73. The fourth-order valence-electron chi connectivity index (χ4n) is 3.69. The van der Waals surface area contributed by atoms with Gasteiger partial charge in [-0.1, -0.05) is 77.9 Å². The van der Waals surface area contributed by atoms with E-state index in [-0.39, 0.29) is 0 Å². The monoisotopic (exact) mass is 310 g/mol. The van der Waals surface area contributed by atoms with Gasteiger partial charge in [0.2, 0.25) is 0 Å². The first-order valence-electron chi connectivity index (χ1n) is 8.67. The molecule has 0 bridgehead atoms. The number of rotatable bonds is 1. The highest BCUT2D eigenvalue weighted by atomic mass is 14.2. The fourth-order valence-corrected chi connectivity index (χ4v) is 3.69. The van der Waals surface area contributed by atoms with Crippen LogP contribution in [0.15, 0.2) is 66.7 Å². The van der Waals surface area contributed by atoms with E-state index in [1.165, 1.54) is 44.5 Å².